The monoisotopic (exact) mass is 490 g/mol. The van der Waals surface area contributed by atoms with Crippen LogP contribution in [-0.2, 0) is 6.54 Å². The zero-order valence-corrected chi connectivity index (χ0v) is 20.6. The number of halogens is 2. The minimum absolute atomic E-state index is 0.146. The highest BCUT2D eigenvalue weighted by atomic mass is 19.1. The molecule has 5 rings (SSSR count). The average molecular weight is 491 g/mol. The molecule has 0 spiro atoms. The lowest BCUT2D eigenvalue weighted by atomic mass is 10.0. The van der Waals surface area contributed by atoms with Crippen molar-refractivity contribution in [1.29, 1.82) is 0 Å². The van der Waals surface area contributed by atoms with Gasteiger partial charge in [-0.1, -0.05) is 52.0 Å². The zero-order chi connectivity index (χ0) is 26.2. The fourth-order valence-electron chi connectivity index (χ4n) is 3.69. The highest BCUT2D eigenvalue weighted by molar-refractivity contribution is 5.91. The number of aromatic carboxylic acids is 1. The Labute approximate surface area is 208 Å². The van der Waals surface area contributed by atoms with Crippen LogP contribution >= 0.6 is 0 Å². The summed E-state index contributed by atoms with van der Waals surface area (Å²) in [5.74, 6) is -2.80. The first-order valence-electron chi connectivity index (χ1n) is 11.8. The van der Waals surface area contributed by atoms with Gasteiger partial charge in [-0.2, -0.15) is 0 Å². The number of nitrogens with one attached hydrogen (secondary N) is 1. The van der Waals surface area contributed by atoms with Gasteiger partial charge in [-0.05, 0) is 35.9 Å². The Morgan fingerprint density at radius 1 is 0.944 bits per heavy atom. The van der Waals surface area contributed by atoms with Crippen molar-refractivity contribution in [2.24, 2.45) is 0 Å². The molecular formula is C28H28F2N4O2. The number of anilines is 1. The third kappa shape index (κ3) is 5.33. The number of benzene rings is 2. The van der Waals surface area contributed by atoms with Crippen LogP contribution in [0.25, 0.3) is 27.7 Å². The molecular weight excluding hydrogens is 462 g/mol. The maximum Gasteiger partial charge on any atom is 0.338 e. The molecule has 2 N–H and O–H groups in total. The highest BCUT2D eigenvalue weighted by Gasteiger charge is 2.15. The number of hydrogen-bond acceptors (Lipinski definition) is 4. The standard InChI is InChI=1S/C24H16F2N4O2.2C2H6/c25-19-9-14(5-6-17(19)24(31)32)15-10-20(26)23-29-12-16(30(23)13-15)11-28-22-7-8-27-21-4-2-1-3-18(21)22;2*1-2/h1-10,12-13H,11H2,(H,27,28)(H,31,32);2*1-2H3. The largest absolute Gasteiger partial charge is 0.478 e. The molecule has 36 heavy (non-hydrogen) atoms. The Bertz CT molecular complexity index is 1490. The summed E-state index contributed by atoms with van der Waals surface area (Å²) in [5.41, 5.74) is 2.91. The number of aromatic nitrogens is 3. The van der Waals surface area contributed by atoms with Crippen LogP contribution in [-0.4, -0.2) is 25.4 Å². The van der Waals surface area contributed by atoms with E-state index in [2.05, 4.69) is 15.3 Å². The van der Waals surface area contributed by atoms with Crippen LogP contribution < -0.4 is 5.32 Å². The summed E-state index contributed by atoms with van der Waals surface area (Å²) in [6.07, 6.45) is 4.95. The molecule has 0 aliphatic heterocycles. The summed E-state index contributed by atoms with van der Waals surface area (Å²) in [5, 5.41) is 13.3. The summed E-state index contributed by atoms with van der Waals surface area (Å²) in [4.78, 5) is 19.6. The SMILES string of the molecule is CC.CC.O=C(O)c1ccc(-c2cc(F)c3ncc(CNc4ccnc5ccccc45)n3c2)cc1F. The second-order valence-electron chi connectivity index (χ2n) is 7.25. The molecule has 0 radical (unpaired) electrons. The fourth-order valence-corrected chi connectivity index (χ4v) is 3.69. The van der Waals surface area contributed by atoms with E-state index in [-0.39, 0.29) is 5.65 Å². The first kappa shape index (κ1) is 26.3. The molecule has 0 fully saturated rings. The molecule has 6 nitrogen and oxygen atoms in total. The number of para-hydroxylation sites is 1. The van der Waals surface area contributed by atoms with Gasteiger partial charge in [-0.15, -0.1) is 0 Å². The number of imidazole rings is 1. The molecule has 3 aromatic heterocycles. The predicted octanol–water partition coefficient (Wildman–Crippen LogP) is 7.19. The Kier molecular flexibility index (Phi) is 8.67. The van der Waals surface area contributed by atoms with Crippen LogP contribution in [0.2, 0.25) is 0 Å². The summed E-state index contributed by atoms with van der Waals surface area (Å²) < 4.78 is 30.5. The van der Waals surface area contributed by atoms with Crippen LogP contribution in [0.1, 0.15) is 43.7 Å². The number of pyridine rings is 2. The second-order valence-corrected chi connectivity index (χ2v) is 7.25. The van der Waals surface area contributed by atoms with E-state index >= 15 is 0 Å². The molecule has 0 aliphatic rings. The van der Waals surface area contributed by atoms with Gasteiger partial charge in [-0.3, -0.25) is 9.38 Å². The van der Waals surface area contributed by atoms with Gasteiger partial charge in [0.15, 0.2) is 11.5 Å². The lowest BCUT2D eigenvalue weighted by Crippen LogP contribution is -2.04. The van der Waals surface area contributed by atoms with Crippen molar-refractivity contribution in [3.05, 3.63) is 96.1 Å². The maximum absolute atomic E-state index is 14.7. The van der Waals surface area contributed by atoms with E-state index in [4.69, 9.17) is 5.11 Å². The number of fused-ring (bicyclic) bond motifs is 2. The number of carboxylic acid groups (broad SMARTS) is 1. The number of carboxylic acids is 1. The number of rotatable bonds is 5. The van der Waals surface area contributed by atoms with E-state index in [1.54, 1.807) is 23.0 Å². The second kappa shape index (κ2) is 11.9. The van der Waals surface area contributed by atoms with Gasteiger partial charge >= 0.3 is 5.97 Å². The summed E-state index contributed by atoms with van der Waals surface area (Å²) in [6.45, 7) is 8.37. The van der Waals surface area contributed by atoms with Gasteiger partial charge < -0.3 is 10.4 Å². The number of carbonyl (C=O) groups is 1. The number of nitrogens with zero attached hydrogens (tertiary/aromatic N) is 3. The van der Waals surface area contributed by atoms with Gasteiger partial charge in [0.25, 0.3) is 0 Å². The van der Waals surface area contributed by atoms with Crippen molar-refractivity contribution < 1.29 is 18.7 Å². The van der Waals surface area contributed by atoms with E-state index in [0.717, 1.165) is 22.7 Å². The maximum atomic E-state index is 14.7. The molecule has 3 heterocycles. The molecule has 186 valence electrons. The quantitative estimate of drug-likeness (QED) is 0.273. The lowest BCUT2D eigenvalue weighted by Gasteiger charge is -2.11. The predicted molar refractivity (Wildman–Crippen MR) is 139 cm³/mol. The van der Waals surface area contributed by atoms with Crippen molar-refractivity contribution in [1.82, 2.24) is 14.4 Å². The molecule has 0 bridgehead atoms. The molecule has 0 aliphatic carbocycles. The zero-order valence-electron chi connectivity index (χ0n) is 20.6. The van der Waals surface area contributed by atoms with Crippen molar-refractivity contribution in [3.63, 3.8) is 0 Å². The number of hydrogen-bond donors (Lipinski definition) is 2. The van der Waals surface area contributed by atoms with Crippen LogP contribution in [0.5, 0.6) is 0 Å². The minimum Gasteiger partial charge on any atom is -0.478 e. The molecule has 2 aromatic carbocycles. The normalized spacial score (nSPS) is 10.3. The molecule has 5 aromatic rings. The Morgan fingerprint density at radius 3 is 2.39 bits per heavy atom. The highest BCUT2D eigenvalue weighted by Crippen LogP contribution is 2.26. The van der Waals surface area contributed by atoms with Crippen molar-refractivity contribution in [2.45, 2.75) is 34.2 Å². The Balaban J connectivity index is 0.000000861. The molecule has 0 atom stereocenters. The van der Waals surface area contributed by atoms with Crippen molar-refractivity contribution in [3.8, 4) is 11.1 Å². The lowest BCUT2D eigenvalue weighted by molar-refractivity contribution is 0.0692. The first-order valence-corrected chi connectivity index (χ1v) is 11.8. The first-order chi connectivity index (χ1) is 17.5. The van der Waals surface area contributed by atoms with Crippen LogP contribution in [0, 0.1) is 11.6 Å². The van der Waals surface area contributed by atoms with Crippen molar-refractivity contribution >= 4 is 28.2 Å². The average Bonchev–Trinajstić information content (AvgIpc) is 3.33. The Morgan fingerprint density at radius 2 is 1.67 bits per heavy atom. The third-order valence-electron chi connectivity index (χ3n) is 5.28. The van der Waals surface area contributed by atoms with E-state index in [1.807, 2.05) is 58.0 Å². The van der Waals surface area contributed by atoms with E-state index < -0.39 is 23.2 Å². The van der Waals surface area contributed by atoms with E-state index in [1.165, 1.54) is 18.2 Å². The third-order valence-corrected chi connectivity index (χ3v) is 5.28. The summed E-state index contributed by atoms with van der Waals surface area (Å²) >= 11 is 0. The van der Waals surface area contributed by atoms with Crippen LogP contribution in [0.3, 0.4) is 0 Å². The van der Waals surface area contributed by atoms with Crippen molar-refractivity contribution in [2.75, 3.05) is 5.32 Å². The molecule has 0 amide bonds. The molecule has 8 heteroatoms. The van der Waals surface area contributed by atoms with Gasteiger partial charge in [0, 0.05) is 29.0 Å². The topological polar surface area (TPSA) is 79.5 Å². The van der Waals surface area contributed by atoms with Gasteiger partial charge in [-0.25, -0.2) is 18.6 Å². The molecule has 0 saturated heterocycles. The van der Waals surface area contributed by atoms with Crippen LogP contribution in [0.15, 0.2) is 73.2 Å². The van der Waals surface area contributed by atoms with Gasteiger partial charge in [0.05, 0.1) is 29.5 Å². The van der Waals surface area contributed by atoms with E-state index in [9.17, 15) is 13.6 Å². The van der Waals surface area contributed by atoms with E-state index in [0.29, 0.717) is 23.4 Å². The summed E-state index contributed by atoms with van der Waals surface area (Å²) in [6, 6.07) is 14.6. The van der Waals surface area contributed by atoms with Crippen LogP contribution in [0.4, 0.5) is 14.5 Å². The summed E-state index contributed by atoms with van der Waals surface area (Å²) in [7, 11) is 0. The van der Waals surface area contributed by atoms with Gasteiger partial charge in [0.1, 0.15) is 5.82 Å². The molecule has 0 unspecified atom stereocenters. The smallest absolute Gasteiger partial charge is 0.338 e. The van der Waals surface area contributed by atoms with Gasteiger partial charge in [0.2, 0.25) is 0 Å². The Hall–Kier alpha value is -4.33. The molecule has 0 saturated carbocycles. The minimum atomic E-state index is -1.36. The fraction of sp³-hybridized carbons (Fsp3) is 0.179.